The number of nitrogens with zero attached hydrogens (tertiary/aromatic N) is 1. The maximum absolute atomic E-state index is 12.7. The number of esters is 1. The molecule has 0 aromatic rings. The summed E-state index contributed by atoms with van der Waals surface area (Å²) in [6, 6.07) is 0. The Labute approximate surface area is 386 Å². The van der Waals surface area contributed by atoms with Crippen molar-refractivity contribution >= 4 is 13.8 Å². The van der Waals surface area contributed by atoms with E-state index in [1.54, 1.807) is 0 Å². The SMILES string of the molecule is CCCCCCCCC/C=C\CCCCCCCC(=O)OC(COCCCCCCCCCCCCCCCCCCCCCCCCCC)COP(=O)([O-])OCC[N+](C)(C)C. The minimum atomic E-state index is -4.53. The third kappa shape index (κ3) is 50.2. The maximum Gasteiger partial charge on any atom is 0.306 e. The molecule has 9 heteroatoms. The minimum Gasteiger partial charge on any atom is -0.756 e. The largest absolute Gasteiger partial charge is 0.756 e. The monoisotopic (exact) mass is 900 g/mol. The molecule has 0 radical (unpaired) electrons. The van der Waals surface area contributed by atoms with Gasteiger partial charge in [-0.05, 0) is 38.5 Å². The van der Waals surface area contributed by atoms with E-state index in [9.17, 15) is 14.3 Å². The molecule has 2 atom stereocenters. The molecule has 0 fully saturated rings. The van der Waals surface area contributed by atoms with Crippen molar-refractivity contribution in [1.82, 2.24) is 0 Å². The van der Waals surface area contributed by atoms with Gasteiger partial charge in [-0.3, -0.25) is 9.36 Å². The zero-order chi connectivity index (χ0) is 45.5. The molecule has 62 heavy (non-hydrogen) atoms. The highest BCUT2D eigenvalue weighted by Crippen LogP contribution is 2.38. The lowest BCUT2D eigenvalue weighted by atomic mass is 10.0. The molecule has 0 saturated heterocycles. The number of phosphoric ester groups is 1. The standard InChI is InChI=1S/C53H106NO7P/c1-6-8-10-12-14-16-18-20-22-24-25-26-27-28-29-30-31-33-35-37-39-41-43-45-48-58-50-52(51-60-62(56,57)59-49-47-54(3,4)5)61-53(55)46-44-42-40-38-36-34-32-23-21-19-17-15-13-11-9-7-2/h23,32,52H,6-22,24-31,33-51H2,1-5H3/b32-23-. The number of carbonyl (C=O) groups is 1. The summed E-state index contributed by atoms with van der Waals surface area (Å²) in [6.07, 6.45) is 53.9. The van der Waals surface area contributed by atoms with E-state index in [1.165, 1.54) is 199 Å². The van der Waals surface area contributed by atoms with Crippen LogP contribution in [-0.4, -0.2) is 70.7 Å². The zero-order valence-electron chi connectivity index (χ0n) is 42.1. The number of phosphoric acid groups is 1. The van der Waals surface area contributed by atoms with Gasteiger partial charge in [-0.25, -0.2) is 0 Å². The number of hydrogen-bond acceptors (Lipinski definition) is 7. The second-order valence-electron chi connectivity index (χ2n) is 19.6. The summed E-state index contributed by atoms with van der Waals surface area (Å²) in [6.45, 7) is 5.46. The number of unbranched alkanes of at least 4 members (excludes halogenated alkanes) is 35. The van der Waals surface area contributed by atoms with Crippen molar-refractivity contribution in [2.45, 2.75) is 270 Å². The lowest BCUT2D eigenvalue weighted by Crippen LogP contribution is -2.37. The highest BCUT2D eigenvalue weighted by molar-refractivity contribution is 7.45. The van der Waals surface area contributed by atoms with E-state index < -0.39 is 13.9 Å². The Morgan fingerprint density at radius 3 is 1.23 bits per heavy atom. The predicted octanol–water partition coefficient (Wildman–Crippen LogP) is 15.9. The minimum absolute atomic E-state index is 0.0281. The van der Waals surface area contributed by atoms with Crippen molar-refractivity contribution in [2.24, 2.45) is 0 Å². The van der Waals surface area contributed by atoms with Crippen LogP contribution < -0.4 is 4.89 Å². The number of quaternary nitrogens is 1. The van der Waals surface area contributed by atoms with Crippen LogP contribution in [0.2, 0.25) is 0 Å². The molecule has 8 nitrogen and oxygen atoms in total. The maximum atomic E-state index is 12.7. The van der Waals surface area contributed by atoms with E-state index in [-0.39, 0.29) is 25.8 Å². The fraction of sp³-hybridized carbons (Fsp3) is 0.943. The van der Waals surface area contributed by atoms with Gasteiger partial charge >= 0.3 is 5.97 Å². The van der Waals surface area contributed by atoms with Crippen LogP contribution in [-0.2, 0) is 27.9 Å². The summed E-state index contributed by atoms with van der Waals surface area (Å²) in [5.74, 6) is -0.336. The second kappa shape index (κ2) is 46.8. The van der Waals surface area contributed by atoms with Crippen molar-refractivity contribution in [3.8, 4) is 0 Å². The topological polar surface area (TPSA) is 94.1 Å². The van der Waals surface area contributed by atoms with Crippen LogP contribution in [0.1, 0.15) is 264 Å². The van der Waals surface area contributed by atoms with Gasteiger partial charge in [-0.15, -0.1) is 0 Å². The van der Waals surface area contributed by atoms with Gasteiger partial charge in [-0.1, -0.05) is 231 Å². The van der Waals surface area contributed by atoms with Crippen molar-refractivity contribution in [1.29, 1.82) is 0 Å². The molecule has 0 rings (SSSR count). The summed E-state index contributed by atoms with van der Waals surface area (Å²) in [7, 11) is 1.37. The number of rotatable bonds is 51. The first-order valence-electron chi connectivity index (χ1n) is 26.9. The van der Waals surface area contributed by atoms with E-state index in [1.807, 2.05) is 21.1 Å². The van der Waals surface area contributed by atoms with E-state index in [0.29, 0.717) is 24.1 Å². The van der Waals surface area contributed by atoms with Crippen LogP contribution >= 0.6 is 7.82 Å². The molecule has 0 spiro atoms. The summed E-state index contributed by atoms with van der Waals surface area (Å²) < 4.78 is 34.8. The van der Waals surface area contributed by atoms with Gasteiger partial charge < -0.3 is 27.9 Å². The normalized spacial score (nSPS) is 13.6. The lowest BCUT2D eigenvalue weighted by molar-refractivity contribution is -0.870. The van der Waals surface area contributed by atoms with E-state index in [0.717, 1.165) is 44.9 Å². The molecule has 0 aliphatic rings. The Kier molecular flexibility index (Phi) is 46.2. The fourth-order valence-electron chi connectivity index (χ4n) is 7.90. The van der Waals surface area contributed by atoms with Crippen molar-refractivity contribution in [3.63, 3.8) is 0 Å². The predicted molar refractivity (Wildman–Crippen MR) is 264 cm³/mol. The lowest BCUT2D eigenvalue weighted by Gasteiger charge is -2.28. The quantitative estimate of drug-likeness (QED) is 0.0197. The Morgan fingerprint density at radius 2 is 0.839 bits per heavy atom. The molecule has 370 valence electrons. The molecule has 2 unspecified atom stereocenters. The summed E-state index contributed by atoms with van der Waals surface area (Å²) in [5, 5.41) is 0. The molecule has 0 aliphatic carbocycles. The van der Waals surface area contributed by atoms with E-state index >= 15 is 0 Å². The number of ether oxygens (including phenoxy) is 2. The molecule has 0 amide bonds. The van der Waals surface area contributed by atoms with Gasteiger partial charge in [0.1, 0.15) is 19.3 Å². The molecule has 0 aromatic heterocycles. The van der Waals surface area contributed by atoms with Crippen molar-refractivity contribution in [3.05, 3.63) is 12.2 Å². The number of likely N-dealkylation sites (N-methyl/N-ethyl adjacent to an activating group) is 1. The first-order chi connectivity index (χ1) is 30.1. The molecule has 0 N–H and O–H groups in total. The van der Waals surface area contributed by atoms with Gasteiger partial charge in [0, 0.05) is 13.0 Å². The zero-order valence-corrected chi connectivity index (χ0v) is 43.0. The molecular weight excluding hydrogens is 794 g/mol. The van der Waals surface area contributed by atoms with E-state index in [4.69, 9.17) is 18.5 Å². The van der Waals surface area contributed by atoms with Crippen LogP contribution in [0.25, 0.3) is 0 Å². The molecule has 0 saturated carbocycles. The number of allylic oxidation sites excluding steroid dienone is 2. The number of carbonyl (C=O) groups excluding carboxylic acids is 1. The Balaban J connectivity index is 4.04. The van der Waals surface area contributed by atoms with Crippen LogP contribution in [0.15, 0.2) is 12.2 Å². The molecule has 0 bridgehead atoms. The van der Waals surface area contributed by atoms with Crippen LogP contribution in [0.4, 0.5) is 0 Å². The van der Waals surface area contributed by atoms with Crippen molar-refractivity contribution in [2.75, 3.05) is 54.1 Å². The van der Waals surface area contributed by atoms with Gasteiger partial charge in [0.25, 0.3) is 7.82 Å². The highest BCUT2D eigenvalue weighted by atomic mass is 31.2. The third-order valence-electron chi connectivity index (χ3n) is 12.1. The smallest absolute Gasteiger partial charge is 0.306 e. The molecule has 0 aromatic carbocycles. The molecular formula is C53H106NO7P. The first-order valence-corrected chi connectivity index (χ1v) is 28.4. The van der Waals surface area contributed by atoms with Crippen LogP contribution in [0.3, 0.4) is 0 Å². The van der Waals surface area contributed by atoms with Crippen LogP contribution in [0, 0.1) is 0 Å². The van der Waals surface area contributed by atoms with E-state index in [2.05, 4.69) is 26.0 Å². The average Bonchev–Trinajstić information content (AvgIpc) is 3.23. The summed E-state index contributed by atoms with van der Waals surface area (Å²) in [4.78, 5) is 25.2. The average molecular weight is 900 g/mol. The summed E-state index contributed by atoms with van der Waals surface area (Å²) in [5.41, 5.74) is 0. The number of hydrogen-bond donors (Lipinski definition) is 0. The Bertz CT molecular complexity index is 1000. The molecule has 0 heterocycles. The van der Waals surface area contributed by atoms with Gasteiger partial charge in [-0.2, -0.15) is 0 Å². The highest BCUT2D eigenvalue weighted by Gasteiger charge is 2.20. The Morgan fingerprint density at radius 1 is 0.484 bits per heavy atom. The van der Waals surface area contributed by atoms with Gasteiger partial charge in [0.15, 0.2) is 0 Å². The Hall–Kier alpha value is -0.760. The summed E-state index contributed by atoms with van der Waals surface area (Å²) >= 11 is 0. The van der Waals surface area contributed by atoms with Gasteiger partial charge in [0.2, 0.25) is 0 Å². The molecule has 0 aliphatic heterocycles. The fourth-order valence-corrected chi connectivity index (χ4v) is 8.63. The second-order valence-corrected chi connectivity index (χ2v) is 21.0. The first kappa shape index (κ1) is 61.2. The van der Waals surface area contributed by atoms with Crippen molar-refractivity contribution < 1.29 is 37.3 Å². The van der Waals surface area contributed by atoms with Crippen LogP contribution in [0.5, 0.6) is 0 Å². The van der Waals surface area contributed by atoms with Gasteiger partial charge in [0.05, 0.1) is 34.4 Å². The third-order valence-corrected chi connectivity index (χ3v) is 13.0.